The lowest BCUT2D eigenvalue weighted by Gasteiger charge is -2.22. The number of hydrogen-bond donors (Lipinski definition) is 1. The lowest BCUT2D eigenvalue weighted by Crippen LogP contribution is -2.40. The Bertz CT molecular complexity index is 1020. The van der Waals surface area contributed by atoms with Gasteiger partial charge in [-0.25, -0.2) is 13.1 Å². The Morgan fingerprint density at radius 3 is 1.81 bits per heavy atom. The van der Waals surface area contributed by atoms with E-state index >= 15 is 0 Å². The van der Waals surface area contributed by atoms with Crippen LogP contribution in [0.4, 0.5) is 0 Å². The van der Waals surface area contributed by atoms with Crippen molar-refractivity contribution in [2.24, 2.45) is 0 Å². The van der Waals surface area contributed by atoms with E-state index in [1.807, 2.05) is 19.1 Å². The smallest absolute Gasteiger partial charge is 0.254 e. The SMILES string of the molecule is CCN(Cc1ccc(C(=O)N(C)C)cc1)C(=O)c1ccc(S(=O)(=O)NC(C)(C)C)cc1. The zero-order valence-corrected chi connectivity index (χ0v) is 19.8. The summed E-state index contributed by atoms with van der Waals surface area (Å²) < 4.78 is 27.5. The van der Waals surface area contributed by atoms with Crippen molar-refractivity contribution >= 4 is 21.8 Å². The van der Waals surface area contributed by atoms with Crippen molar-refractivity contribution in [3.63, 3.8) is 0 Å². The Labute approximate surface area is 185 Å². The molecule has 8 heteroatoms. The van der Waals surface area contributed by atoms with Crippen LogP contribution in [0.2, 0.25) is 0 Å². The van der Waals surface area contributed by atoms with E-state index in [9.17, 15) is 18.0 Å². The van der Waals surface area contributed by atoms with E-state index in [4.69, 9.17) is 0 Å². The summed E-state index contributed by atoms with van der Waals surface area (Å²) in [4.78, 5) is 28.2. The molecule has 0 unspecified atom stereocenters. The first-order chi connectivity index (χ1) is 14.3. The minimum Gasteiger partial charge on any atom is -0.345 e. The van der Waals surface area contributed by atoms with Gasteiger partial charge in [-0.1, -0.05) is 12.1 Å². The number of carbonyl (C=O) groups is 2. The molecule has 0 aliphatic heterocycles. The molecular formula is C23H31N3O4S. The van der Waals surface area contributed by atoms with Crippen molar-refractivity contribution in [2.45, 2.75) is 44.7 Å². The molecule has 0 aliphatic carbocycles. The van der Waals surface area contributed by atoms with E-state index in [0.717, 1.165) is 5.56 Å². The van der Waals surface area contributed by atoms with E-state index in [0.29, 0.717) is 24.2 Å². The maximum atomic E-state index is 12.9. The summed E-state index contributed by atoms with van der Waals surface area (Å²) >= 11 is 0. The summed E-state index contributed by atoms with van der Waals surface area (Å²) in [7, 11) is -0.262. The second-order valence-corrected chi connectivity index (χ2v) is 10.3. The molecule has 0 heterocycles. The van der Waals surface area contributed by atoms with Crippen LogP contribution in [0.1, 0.15) is 54.0 Å². The molecule has 7 nitrogen and oxygen atoms in total. The summed E-state index contributed by atoms with van der Waals surface area (Å²) in [6.07, 6.45) is 0. The lowest BCUT2D eigenvalue weighted by atomic mass is 10.1. The molecule has 0 radical (unpaired) electrons. The lowest BCUT2D eigenvalue weighted by molar-refractivity contribution is 0.0751. The molecule has 0 bridgehead atoms. The standard InChI is InChI=1S/C23H31N3O4S/c1-7-26(16-17-8-10-18(11-9-17)21(27)25(5)6)22(28)19-12-14-20(15-13-19)31(29,30)24-23(2,3)4/h8-15,24H,7,16H2,1-6H3. The summed E-state index contributed by atoms with van der Waals surface area (Å²) in [6.45, 7) is 8.06. The fourth-order valence-electron chi connectivity index (χ4n) is 2.98. The van der Waals surface area contributed by atoms with Gasteiger partial charge in [0.1, 0.15) is 0 Å². The van der Waals surface area contributed by atoms with E-state index in [2.05, 4.69) is 4.72 Å². The first-order valence-electron chi connectivity index (χ1n) is 10.1. The molecule has 0 saturated carbocycles. The number of hydrogen-bond acceptors (Lipinski definition) is 4. The Balaban J connectivity index is 2.14. The number of nitrogens with one attached hydrogen (secondary N) is 1. The third kappa shape index (κ3) is 6.63. The van der Waals surface area contributed by atoms with Crippen LogP contribution in [-0.4, -0.2) is 56.2 Å². The highest BCUT2D eigenvalue weighted by Crippen LogP contribution is 2.16. The second kappa shape index (κ2) is 9.62. The van der Waals surface area contributed by atoms with Crippen molar-refractivity contribution in [3.8, 4) is 0 Å². The topological polar surface area (TPSA) is 86.8 Å². The van der Waals surface area contributed by atoms with Gasteiger partial charge in [0.05, 0.1) is 4.90 Å². The summed E-state index contributed by atoms with van der Waals surface area (Å²) in [5.74, 6) is -0.269. The molecule has 2 amide bonds. The Hall–Kier alpha value is -2.71. The summed E-state index contributed by atoms with van der Waals surface area (Å²) in [6, 6.07) is 13.1. The molecule has 2 rings (SSSR count). The van der Waals surface area contributed by atoms with E-state index < -0.39 is 15.6 Å². The van der Waals surface area contributed by atoms with Crippen molar-refractivity contribution < 1.29 is 18.0 Å². The first kappa shape index (κ1) is 24.6. The molecular weight excluding hydrogens is 414 g/mol. The molecule has 168 valence electrons. The average Bonchev–Trinajstić information content (AvgIpc) is 2.69. The fraction of sp³-hybridized carbons (Fsp3) is 0.391. The molecule has 2 aromatic carbocycles. The highest BCUT2D eigenvalue weighted by molar-refractivity contribution is 7.89. The number of rotatable bonds is 7. The molecule has 0 aliphatic rings. The maximum Gasteiger partial charge on any atom is 0.254 e. The predicted molar refractivity (Wildman–Crippen MR) is 121 cm³/mol. The van der Waals surface area contributed by atoms with E-state index in [-0.39, 0.29) is 16.7 Å². The minimum atomic E-state index is -3.66. The van der Waals surface area contributed by atoms with Crippen molar-refractivity contribution in [2.75, 3.05) is 20.6 Å². The van der Waals surface area contributed by atoms with Crippen molar-refractivity contribution in [1.82, 2.24) is 14.5 Å². The highest BCUT2D eigenvalue weighted by atomic mass is 32.2. The molecule has 2 aromatic rings. The number of nitrogens with zero attached hydrogens (tertiary/aromatic N) is 2. The number of sulfonamides is 1. The van der Waals surface area contributed by atoms with Crippen molar-refractivity contribution in [3.05, 3.63) is 65.2 Å². The first-order valence-corrected chi connectivity index (χ1v) is 11.6. The van der Waals surface area contributed by atoms with Crippen LogP contribution in [0.15, 0.2) is 53.4 Å². The summed E-state index contributed by atoms with van der Waals surface area (Å²) in [5.41, 5.74) is 1.30. The molecule has 0 aromatic heterocycles. The zero-order chi connectivity index (χ0) is 23.4. The van der Waals surface area contributed by atoms with E-state index in [1.54, 1.807) is 51.9 Å². The van der Waals surface area contributed by atoms with Gasteiger partial charge < -0.3 is 9.80 Å². The maximum absolute atomic E-state index is 12.9. The molecule has 0 saturated heterocycles. The highest BCUT2D eigenvalue weighted by Gasteiger charge is 2.23. The van der Waals surface area contributed by atoms with Gasteiger partial charge in [0.15, 0.2) is 0 Å². The fourth-order valence-corrected chi connectivity index (χ4v) is 4.40. The van der Waals surface area contributed by atoms with Gasteiger partial charge in [-0.3, -0.25) is 9.59 Å². The number of carbonyl (C=O) groups excluding carboxylic acids is 2. The largest absolute Gasteiger partial charge is 0.345 e. The van der Waals surface area contributed by atoms with Crippen LogP contribution >= 0.6 is 0 Å². The van der Waals surface area contributed by atoms with Crippen LogP contribution < -0.4 is 4.72 Å². The average molecular weight is 446 g/mol. The minimum absolute atomic E-state index is 0.0778. The molecule has 1 N–H and O–H groups in total. The van der Waals surface area contributed by atoms with Gasteiger partial charge in [-0.2, -0.15) is 0 Å². The Morgan fingerprint density at radius 2 is 1.35 bits per heavy atom. The van der Waals surface area contributed by atoms with Crippen LogP contribution in [0.25, 0.3) is 0 Å². The number of benzene rings is 2. The van der Waals surface area contributed by atoms with Crippen LogP contribution in [0.5, 0.6) is 0 Å². The monoisotopic (exact) mass is 445 g/mol. The van der Waals surface area contributed by atoms with Crippen molar-refractivity contribution in [1.29, 1.82) is 0 Å². The Morgan fingerprint density at radius 1 is 0.871 bits per heavy atom. The third-order valence-electron chi connectivity index (χ3n) is 4.50. The quantitative estimate of drug-likeness (QED) is 0.709. The molecule has 0 fully saturated rings. The van der Waals surface area contributed by atoms with Crippen LogP contribution in [0.3, 0.4) is 0 Å². The van der Waals surface area contributed by atoms with Gasteiger partial charge in [0, 0.05) is 43.9 Å². The van der Waals surface area contributed by atoms with E-state index in [1.165, 1.54) is 29.2 Å². The number of amides is 2. The zero-order valence-electron chi connectivity index (χ0n) is 19.0. The predicted octanol–water partition coefficient (Wildman–Crippen LogP) is 3.13. The molecule has 31 heavy (non-hydrogen) atoms. The van der Waals surface area contributed by atoms with Gasteiger partial charge in [-0.05, 0) is 69.7 Å². The van der Waals surface area contributed by atoms with Gasteiger partial charge in [0.25, 0.3) is 11.8 Å². The second-order valence-electron chi connectivity index (χ2n) is 8.60. The molecule has 0 atom stereocenters. The van der Waals surface area contributed by atoms with Gasteiger partial charge >= 0.3 is 0 Å². The third-order valence-corrected chi connectivity index (χ3v) is 6.28. The molecule has 0 spiro atoms. The summed E-state index contributed by atoms with van der Waals surface area (Å²) in [5, 5.41) is 0. The normalized spacial score (nSPS) is 11.8. The van der Waals surface area contributed by atoms with Gasteiger partial charge in [-0.15, -0.1) is 0 Å². The van der Waals surface area contributed by atoms with Crippen LogP contribution in [-0.2, 0) is 16.6 Å². The Kier molecular flexibility index (Phi) is 7.62. The van der Waals surface area contributed by atoms with Crippen LogP contribution in [0, 0.1) is 0 Å². The van der Waals surface area contributed by atoms with Gasteiger partial charge in [0.2, 0.25) is 10.0 Å².